The van der Waals surface area contributed by atoms with Crippen LogP contribution in [0, 0.1) is 5.92 Å². The van der Waals surface area contributed by atoms with Crippen LogP contribution < -0.4 is 10.6 Å². The van der Waals surface area contributed by atoms with Gasteiger partial charge in [0.15, 0.2) is 0 Å². The summed E-state index contributed by atoms with van der Waals surface area (Å²) in [6.07, 6.45) is -3.56. The second-order valence-electron chi connectivity index (χ2n) is 7.69. The molecule has 2 N–H and O–H groups in total. The summed E-state index contributed by atoms with van der Waals surface area (Å²) in [6.45, 7) is 0.614. The lowest BCUT2D eigenvalue weighted by atomic mass is 9.95. The quantitative estimate of drug-likeness (QED) is 0.683. The highest BCUT2D eigenvalue weighted by atomic mass is 19.4. The number of hydrogen-bond acceptors (Lipinski definition) is 4. The molecule has 3 rings (SSSR count). The zero-order chi connectivity index (χ0) is 24.0. The summed E-state index contributed by atoms with van der Waals surface area (Å²) in [4.78, 5) is 38.2. The lowest BCUT2D eigenvalue weighted by Gasteiger charge is -2.31. The number of hydrogen-bond donors (Lipinski definition) is 2. The minimum Gasteiger partial charge on any atom is -0.375 e. The van der Waals surface area contributed by atoms with Gasteiger partial charge in [-0.1, -0.05) is 0 Å². The van der Waals surface area contributed by atoms with Gasteiger partial charge in [-0.25, -0.2) is 0 Å². The van der Waals surface area contributed by atoms with Gasteiger partial charge in [-0.15, -0.1) is 0 Å². The van der Waals surface area contributed by atoms with Crippen molar-refractivity contribution in [3.05, 3.63) is 59.7 Å². The highest BCUT2D eigenvalue weighted by Gasteiger charge is 2.31. The molecule has 7 nitrogen and oxygen atoms in total. The summed E-state index contributed by atoms with van der Waals surface area (Å²) >= 11 is 0. The van der Waals surface area contributed by atoms with E-state index in [1.165, 1.54) is 19.2 Å². The summed E-state index contributed by atoms with van der Waals surface area (Å²) in [7, 11) is 1.42. The van der Waals surface area contributed by atoms with Gasteiger partial charge >= 0.3 is 6.18 Å². The second-order valence-corrected chi connectivity index (χ2v) is 7.69. The van der Waals surface area contributed by atoms with Crippen molar-refractivity contribution in [1.82, 2.24) is 4.90 Å². The number of carbonyl (C=O) groups excluding carboxylic acids is 3. The number of piperidine rings is 1. The van der Waals surface area contributed by atoms with Crippen LogP contribution in [0.15, 0.2) is 48.5 Å². The van der Waals surface area contributed by atoms with Crippen LogP contribution in [0.5, 0.6) is 0 Å². The van der Waals surface area contributed by atoms with E-state index in [0.29, 0.717) is 37.3 Å². The number of alkyl halides is 3. The van der Waals surface area contributed by atoms with E-state index in [-0.39, 0.29) is 35.8 Å². The lowest BCUT2D eigenvalue weighted by molar-refractivity contribution is -0.137. The SMILES string of the molecule is COCC(=O)Nc1ccc(NC(=O)C2CCN(C(=O)c3ccc(C(F)(F)F)cc3)CC2)cc1. The third-order valence-electron chi connectivity index (χ3n) is 5.32. The average molecular weight is 463 g/mol. The number of benzene rings is 2. The first kappa shape index (κ1) is 24.2. The van der Waals surface area contributed by atoms with Gasteiger partial charge < -0.3 is 20.3 Å². The molecule has 176 valence electrons. The molecule has 0 unspecified atom stereocenters. The van der Waals surface area contributed by atoms with Crippen molar-refractivity contribution in [3.8, 4) is 0 Å². The molecule has 10 heteroatoms. The topological polar surface area (TPSA) is 87.7 Å². The van der Waals surface area contributed by atoms with Gasteiger partial charge in [0.05, 0.1) is 5.56 Å². The van der Waals surface area contributed by atoms with Gasteiger partial charge in [-0.2, -0.15) is 13.2 Å². The third kappa shape index (κ3) is 6.55. The van der Waals surface area contributed by atoms with Crippen molar-refractivity contribution in [2.45, 2.75) is 19.0 Å². The molecule has 2 aromatic carbocycles. The van der Waals surface area contributed by atoms with E-state index < -0.39 is 11.7 Å². The molecule has 0 saturated carbocycles. The summed E-state index contributed by atoms with van der Waals surface area (Å²) in [5.74, 6) is -1.10. The van der Waals surface area contributed by atoms with Crippen molar-refractivity contribution in [2.75, 3.05) is 37.4 Å². The highest BCUT2D eigenvalue weighted by molar-refractivity contribution is 5.96. The Hall–Kier alpha value is -3.40. The molecule has 0 aromatic heterocycles. The van der Waals surface area contributed by atoms with Crippen molar-refractivity contribution in [2.24, 2.45) is 5.92 Å². The largest absolute Gasteiger partial charge is 0.416 e. The Labute approximate surface area is 188 Å². The number of nitrogens with zero attached hydrogens (tertiary/aromatic N) is 1. The molecule has 0 radical (unpaired) electrons. The van der Waals surface area contributed by atoms with E-state index in [2.05, 4.69) is 10.6 Å². The Morgan fingerprint density at radius 2 is 1.48 bits per heavy atom. The Morgan fingerprint density at radius 3 is 2.00 bits per heavy atom. The zero-order valence-corrected chi connectivity index (χ0v) is 17.9. The van der Waals surface area contributed by atoms with Gasteiger partial charge in [-0.05, 0) is 61.4 Å². The number of likely N-dealkylation sites (tertiary alicyclic amines) is 1. The van der Waals surface area contributed by atoms with Crippen LogP contribution in [0.1, 0.15) is 28.8 Å². The van der Waals surface area contributed by atoms with Crippen LogP contribution in [-0.2, 0) is 20.5 Å². The molecule has 33 heavy (non-hydrogen) atoms. The zero-order valence-electron chi connectivity index (χ0n) is 17.9. The molecule has 1 fully saturated rings. The fourth-order valence-corrected chi connectivity index (χ4v) is 3.54. The number of amides is 3. The first-order valence-electron chi connectivity index (χ1n) is 10.3. The van der Waals surface area contributed by atoms with E-state index in [4.69, 9.17) is 4.74 Å². The van der Waals surface area contributed by atoms with Gasteiger partial charge in [0, 0.05) is 43.1 Å². The first-order chi connectivity index (χ1) is 15.7. The van der Waals surface area contributed by atoms with Gasteiger partial charge in [0.25, 0.3) is 5.91 Å². The number of nitrogens with one attached hydrogen (secondary N) is 2. The smallest absolute Gasteiger partial charge is 0.375 e. The maximum absolute atomic E-state index is 12.7. The van der Waals surface area contributed by atoms with E-state index in [0.717, 1.165) is 12.1 Å². The maximum Gasteiger partial charge on any atom is 0.416 e. The molecule has 0 bridgehead atoms. The molecule has 1 heterocycles. The summed E-state index contributed by atoms with van der Waals surface area (Å²) in [6, 6.07) is 10.8. The summed E-state index contributed by atoms with van der Waals surface area (Å²) < 4.78 is 42.8. The predicted octanol–water partition coefficient (Wildman–Crippen LogP) is 3.78. The minimum atomic E-state index is -4.45. The third-order valence-corrected chi connectivity index (χ3v) is 5.32. The molecule has 0 aliphatic carbocycles. The summed E-state index contributed by atoms with van der Waals surface area (Å²) in [5.41, 5.74) is 0.529. The van der Waals surface area contributed by atoms with E-state index in [9.17, 15) is 27.6 Å². The van der Waals surface area contributed by atoms with Crippen molar-refractivity contribution in [1.29, 1.82) is 0 Å². The van der Waals surface area contributed by atoms with Crippen LogP contribution in [0.3, 0.4) is 0 Å². The van der Waals surface area contributed by atoms with Crippen molar-refractivity contribution >= 4 is 29.1 Å². The molecule has 1 aliphatic heterocycles. The molecular weight excluding hydrogens is 439 g/mol. The molecule has 3 amide bonds. The number of halogens is 3. The Kier molecular flexibility index (Phi) is 7.70. The molecule has 1 aliphatic rings. The monoisotopic (exact) mass is 463 g/mol. The number of ether oxygens (including phenoxy) is 1. The normalized spacial score (nSPS) is 14.6. The van der Waals surface area contributed by atoms with Crippen LogP contribution in [-0.4, -0.2) is 49.4 Å². The molecule has 0 spiro atoms. The minimum absolute atomic E-state index is 0.0570. The second kappa shape index (κ2) is 10.5. The van der Waals surface area contributed by atoms with Gasteiger partial charge in [0.2, 0.25) is 11.8 Å². The fourth-order valence-electron chi connectivity index (χ4n) is 3.54. The van der Waals surface area contributed by atoms with Crippen molar-refractivity contribution < 1.29 is 32.3 Å². The fraction of sp³-hybridized carbons (Fsp3) is 0.348. The molecule has 2 aromatic rings. The Morgan fingerprint density at radius 1 is 0.939 bits per heavy atom. The summed E-state index contributed by atoms with van der Waals surface area (Å²) in [5, 5.41) is 5.48. The van der Waals surface area contributed by atoms with E-state index in [1.807, 2.05) is 0 Å². The molecule has 0 atom stereocenters. The first-order valence-corrected chi connectivity index (χ1v) is 10.3. The lowest BCUT2D eigenvalue weighted by Crippen LogP contribution is -2.41. The van der Waals surface area contributed by atoms with Gasteiger partial charge in [0.1, 0.15) is 6.61 Å². The Balaban J connectivity index is 1.49. The van der Waals surface area contributed by atoms with Gasteiger partial charge in [-0.3, -0.25) is 14.4 Å². The Bertz CT molecular complexity index is 984. The number of methoxy groups -OCH3 is 1. The standard InChI is InChI=1S/C23H24F3N3O4/c1-33-14-20(30)27-18-6-8-19(9-7-18)28-21(31)15-10-12-29(13-11-15)22(32)16-2-4-17(5-3-16)23(24,25)26/h2-9,15H,10-14H2,1H3,(H,27,30)(H,28,31). The van der Waals surface area contributed by atoms with Crippen molar-refractivity contribution in [3.63, 3.8) is 0 Å². The highest BCUT2D eigenvalue weighted by Crippen LogP contribution is 2.29. The number of carbonyl (C=O) groups is 3. The number of anilines is 2. The van der Waals surface area contributed by atoms with Crippen LogP contribution in [0.2, 0.25) is 0 Å². The van der Waals surface area contributed by atoms with E-state index in [1.54, 1.807) is 29.2 Å². The average Bonchev–Trinajstić information content (AvgIpc) is 2.79. The van der Waals surface area contributed by atoms with Crippen LogP contribution in [0.25, 0.3) is 0 Å². The van der Waals surface area contributed by atoms with Crippen LogP contribution >= 0.6 is 0 Å². The molecule has 1 saturated heterocycles. The molecular formula is C23H24F3N3O4. The predicted molar refractivity (Wildman–Crippen MR) is 116 cm³/mol. The number of rotatable bonds is 6. The van der Waals surface area contributed by atoms with E-state index >= 15 is 0 Å². The van der Waals surface area contributed by atoms with Crippen LogP contribution in [0.4, 0.5) is 24.5 Å². The maximum atomic E-state index is 12.7.